The molecule has 144 valence electrons. The molecule has 0 aliphatic heterocycles. The maximum atomic E-state index is 12.6. The van der Waals surface area contributed by atoms with Crippen molar-refractivity contribution in [2.75, 3.05) is 7.11 Å². The van der Waals surface area contributed by atoms with E-state index in [0.717, 1.165) is 5.56 Å². The van der Waals surface area contributed by atoms with Crippen molar-refractivity contribution in [3.8, 4) is 0 Å². The van der Waals surface area contributed by atoms with Crippen molar-refractivity contribution in [2.45, 2.75) is 65.9 Å². The van der Waals surface area contributed by atoms with Gasteiger partial charge >= 0.3 is 11.9 Å². The first-order valence-electron chi connectivity index (χ1n) is 8.99. The number of methoxy groups -OCH3 is 1. The highest BCUT2D eigenvalue weighted by atomic mass is 16.6. The fourth-order valence-electron chi connectivity index (χ4n) is 2.84. The number of esters is 2. The summed E-state index contributed by atoms with van der Waals surface area (Å²) in [5.41, 5.74) is -0.0138. The first-order valence-corrected chi connectivity index (χ1v) is 8.99. The minimum Gasteiger partial charge on any atom is -0.469 e. The second-order valence-electron chi connectivity index (χ2n) is 7.54. The van der Waals surface area contributed by atoms with Crippen molar-refractivity contribution < 1.29 is 23.9 Å². The molecule has 0 aliphatic carbocycles. The highest BCUT2D eigenvalue weighted by Crippen LogP contribution is 2.33. The van der Waals surface area contributed by atoms with Gasteiger partial charge < -0.3 is 9.47 Å². The Bertz CT molecular complexity index is 633. The molecule has 5 heteroatoms. The molecule has 0 aliphatic rings. The Kier molecular flexibility index (Phi) is 7.54. The van der Waals surface area contributed by atoms with Crippen LogP contribution in [0.25, 0.3) is 0 Å². The Hall–Kier alpha value is -2.17. The van der Waals surface area contributed by atoms with Crippen LogP contribution >= 0.6 is 0 Å². The number of Topliss-reactive ketones (excluding diaryl/α,β-unsaturated/α-hetero) is 1. The molecule has 0 unspecified atom stereocenters. The summed E-state index contributed by atoms with van der Waals surface area (Å²) < 4.78 is 10.2. The third kappa shape index (κ3) is 5.97. The van der Waals surface area contributed by atoms with Gasteiger partial charge in [-0.3, -0.25) is 14.4 Å². The van der Waals surface area contributed by atoms with E-state index in [0.29, 0.717) is 18.4 Å². The first kappa shape index (κ1) is 21.9. The molecule has 0 fully saturated rings. The van der Waals surface area contributed by atoms with E-state index in [9.17, 15) is 14.4 Å². The number of rotatable bonds is 8. The third-order valence-electron chi connectivity index (χ3n) is 4.52. The first-order chi connectivity index (χ1) is 12.1. The van der Waals surface area contributed by atoms with E-state index < -0.39 is 11.0 Å². The van der Waals surface area contributed by atoms with Gasteiger partial charge in [-0.1, -0.05) is 38.1 Å². The van der Waals surface area contributed by atoms with Gasteiger partial charge in [0.05, 0.1) is 18.9 Å². The fourth-order valence-corrected chi connectivity index (χ4v) is 2.84. The van der Waals surface area contributed by atoms with Gasteiger partial charge in [-0.15, -0.1) is 0 Å². The molecule has 5 nitrogen and oxygen atoms in total. The van der Waals surface area contributed by atoms with Crippen LogP contribution in [0, 0.1) is 5.41 Å². The monoisotopic (exact) mass is 362 g/mol. The van der Waals surface area contributed by atoms with Crippen molar-refractivity contribution in [1.82, 2.24) is 0 Å². The number of ether oxygens (including phenoxy) is 2. The number of carbonyl (C=O) groups excluding carboxylic acids is 3. The van der Waals surface area contributed by atoms with Crippen LogP contribution in [0.1, 0.15) is 69.8 Å². The number of hydrogen-bond donors (Lipinski definition) is 0. The molecule has 26 heavy (non-hydrogen) atoms. The Balaban J connectivity index is 2.83. The van der Waals surface area contributed by atoms with Gasteiger partial charge in [0.15, 0.2) is 5.78 Å². The van der Waals surface area contributed by atoms with E-state index in [4.69, 9.17) is 9.47 Å². The molecule has 0 saturated carbocycles. The Morgan fingerprint density at radius 3 is 1.92 bits per heavy atom. The number of carbonyl (C=O) groups is 3. The number of hydrogen-bond acceptors (Lipinski definition) is 5. The summed E-state index contributed by atoms with van der Waals surface area (Å²) in [4.78, 5) is 36.6. The van der Waals surface area contributed by atoms with Crippen LogP contribution in [0.4, 0.5) is 0 Å². The minimum atomic E-state index is -0.791. The average Bonchev–Trinajstić information content (AvgIpc) is 2.57. The van der Waals surface area contributed by atoms with E-state index in [1.165, 1.54) is 7.11 Å². The second kappa shape index (κ2) is 8.97. The lowest BCUT2D eigenvalue weighted by Crippen LogP contribution is -2.33. The van der Waals surface area contributed by atoms with Crippen LogP contribution in [0.15, 0.2) is 24.3 Å². The smallest absolute Gasteiger partial charge is 0.312 e. The fraction of sp³-hybridized carbons (Fsp3) is 0.571. The Morgan fingerprint density at radius 1 is 0.962 bits per heavy atom. The summed E-state index contributed by atoms with van der Waals surface area (Å²) in [6, 6.07) is 6.87. The zero-order valence-corrected chi connectivity index (χ0v) is 16.7. The van der Waals surface area contributed by atoms with Crippen molar-refractivity contribution in [1.29, 1.82) is 0 Å². The van der Waals surface area contributed by atoms with Crippen molar-refractivity contribution in [2.24, 2.45) is 5.41 Å². The van der Waals surface area contributed by atoms with Crippen molar-refractivity contribution >= 4 is 17.7 Å². The molecule has 0 saturated heterocycles. The molecular formula is C21H30O5. The number of ketones is 1. The summed E-state index contributed by atoms with van der Waals surface area (Å²) >= 11 is 0. The van der Waals surface area contributed by atoms with Gasteiger partial charge in [0.1, 0.15) is 5.60 Å². The maximum absolute atomic E-state index is 12.6. The average molecular weight is 362 g/mol. The summed E-state index contributed by atoms with van der Waals surface area (Å²) in [6.45, 7) is 9.24. The van der Waals surface area contributed by atoms with Gasteiger partial charge in [0.25, 0.3) is 0 Å². The lowest BCUT2D eigenvalue weighted by molar-refractivity contribution is -0.154. The molecule has 1 aromatic carbocycles. The lowest BCUT2D eigenvalue weighted by Gasteiger charge is -2.27. The lowest BCUT2D eigenvalue weighted by atomic mass is 9.77. The van der Waals surface area contributed by atoms with Gasteiger partial charge in [-0.2, -0.15) is 0 Å². The van der Waals surface area contributed by atoms with Crippen LogP contribution in [0.5, 0.6) is 0 Å². The zero-order valence-electron chi connectivity index (χ0n) is 16.7. The number of benzene rings is 1. The van der Waals surface area contributed by atoms with Gasteiger partial charge in [-0.05, 0) is 39.2 Å². The quantitative estimate of drug-likeness (QED) is 0.514. The van der Waals surface area contributed by atoms with Gasteiger partial charge in [-0.25, -0.2) is 0 Å². The molecule has 0 heterocycles. The predicted octanol–water partition coefficient (Wildman–Crippen LogP) is 4.12. The highest BCUT2D eigenvalue weighted by molar-refractivity contribution is 5.99. The van der Waals surface area contributed by atoms with E-state index in [1.807, 2.05) is 34.6 Å². The van der Waals surface area contributed by atoms with E-state index in [-0.39, 0.29) is 30.6 Å². The molecule has 0 spiro atoms. The standard InChI is InChI=1S/C21H30O5/c1-7-21(8-2,19(24)25-6)14-17(22)16-11-9-15(10-12-16)13-18(23)26-20(3,4)5/h9-12H,7-8,13-14H2,1-6H3. The van der Waals surface area contributed by atoms with Crippen molar-refractivity contribution in [3.63, 3.8) is 0 Å². The van der Waals surface area contributed by atoms with Crippen LogP contribution in [-0.2, 0) is 25.5 Å². The van der Waals surface area contributed by atoms with E-state index >= 15 is 0 Å². The summed E-state index contributed by atoms with van der Waals surface area (Å²) in [7, 11) is 1.35. The Morgan fingerprint density at radius 2 is 1.50 bits per heavy atom. The molecule has 0 atom stereocenters. The Labute approximate surface area is 156 Å². The van der Waals surface area contributed by atoms with Gasteiger partial charge in [0, 0.05) is 12.0 Å². The molecule has 0 aromatic heterocycles. The molecule has 0 amide bonds. The summed E-state index contributed by atoms with van der Waals surface area (Å²) in [5, 5.41) is 0. The van der Waals surface area contributed by atoms with E-state index in [1.54, 1.807) is 24.3 Å². The van der Waals surface area contributed by atoms with Crippen LogP contribution < -0.4 is 0 Å². The normalized spacial score (nSPS) is 11.8. The van der Waals surface area contributed by atoms with E-state index in [2.05, 4.69) is 0 Å². The van der Waals surface area contributed by atoms with Crippen LogP contribution in [0.3, 0.4) is 0 Å². The molecule has 0 N–H and O–H groups in total. The van der Waals surface area contributed by atoms with Crippen LogP contribution in [-0.4, -0.2) is 30.4 Å². The molecule has 0 radical (unpaired) electrons. The summed E-state index contributed by atoms with van der Waals surface area (Å²) in [6.07, 6.45) is 1.34. The SMILES string of the molecule is CCC(CC)(CC(=O)c1ccc(CC(=O)OC(C)(C)C)cc1)C(=O)OC. The second-order valence-corrected chi connectivity index (χ2v) is 7.54. The molecule has 1 aromatic rings. The molecule has 0 bridgehead atoms. The largest absolute Gasteiger partial charge is 0.469 e. The predicted molar refractivity (Wildman–Crippen MR) is 100.0 cm³/mol. The summed E-state index contributed by atoms with van der Waals surface area (Å²) in [5.74, 6) is -0.765. The van der Waals surface area contributed by atoms with Crippen molar-refractivity contribution in [3.05, 3.63) is 35.4 Å². The highest BCUT2D eigenvalue weighted by Gasteiger charge is 2.38. The third-order valence-corrected chi connectivity index (χ3v) is 4.52. The molecular weight excluding hydrogens is 332 g/mol. The zero-order chi connectivity index (χ0) is 20.0. The topological polar surface area (TPSA) is 69.7 Å². The maximum Gasteiger partial charge on any atom is 0.312 e. The van der Waals surface area contributed by atoms with Crippen LogP contribution in [0.2, 0.25) is 0 Å². The van der Waals surface area contributed by atoms with Gasteiger partial charge in [0.2, 0.25) is 0 Å². The minimum absolute atomic E-state index is 0.108. The molecule has 1 rings (SSSR count).